The maximum Gasteiger partial charge on any atom is 0.300 e. The predicted molar refractivity (Wildman–Crippen MR) is 121 cm³/mol. The highest BCUT2D eigenvalue weighted by Crippen LogP contribution is 2.43. The molecule has 1 fully saturated rings. The van der Waals surface area contributed by atoms with Gasteiger partial charge >= 0.3 is 0 Å². The highest BCUT2D eigenvalue weighted by molar-refractivity contribution is 6.51. The maximum atomic E-state index is 14.0. The summed E-state index contributed by atoms with van der Waals surface area (Å²) in [5, 5.41) is 12.4. The number of halogens is 2. The van der Waals surface area contributed by atoms with Gasteiger partial charge in [0.2, 0.25) is 0 Å². The smallest absolute Gasteiger partial charge is 0.300 e. The number of nitrogens with one attached hydrogen (secondary N) is 1. The predicted octanol–water partition coefficient (Wildman–Crippen LogP) is 5.59. The number of hydrogen-bond acceptors (Lipinski definition) is 3. The molecule has 1 aliphatic heterocycles. The number of ketones is 1. The number of Topliss-reactive ketones (excluding diaryl/α,β-unsaturated/α-hetero) is 1. The summed E-state index contributed by atoms with van der Waals surface area (Å²) in [6, 6.07) is 18.4. The van der Waals surface area contributed by atoms with Crippen LogP contribution < -0.4 is 4.90 Å². The Hall–Kier alpha value is -3.90. The number of nitrogens with zero attached hydrogens (tertiary/aromatic N) is 1. The van der Waals surface area contributed by atoms with E-state index in [1.165, 1.54) is 23.1 Å². The van der Waals surface area contributed by atoms with Gasteiger partial charge < -0.3 is 10.1 Å². The largest absolute Gasteiger partial charge is 0.507 e. The van der Waals surface area contributed by atoms with Crippen LogP contribution in [-0.4, -0.2) is 21.8 Å². The Morgan fingerprint density at radius 1 is 1.00 bits per heavy atom. The Balaban J connectivity index is 1.76. The molecule has 0 saturated carbocycles. The molecule has 5 rings (SSSR count). The van der Waals surface area contributed by atoms with Crippen molar-refractivity contribution >= 4 is 45.6 Å². The number of aliphatic hydroxyl groups is 1. The average Bonchev–Trinajstić information content (AvgIpc) is 3.33. The quantitative estimate of drug-likeness (QED) is 0.245. The molecule has 1 unspecified atom stereocenters. The number of carbonyl (C=O) groups excluding carboxylic acids is 2. The van der Waals surface area contributed by atoms with Crippen LogP contribution >= 0.6 is 11.6 Å². The second-order valence-electron chi connectivity index (χ2n) is 7.45. The Bertz CT molecular complexity index is 1410. The first-order chi connectivity index (χ1) is 15.5. The van der Waals surface area contributed by atoms with Gasteiger partial charge in [-0.2, -0.15) is 0 Å². The highest BCUT2D eigenvalue weighted by Gasteiger charge is 2.47. The Morgan fingerprint density at radius 2 is 1.75 bits per heavy atom. The molecular weight excluding hydrogens is 431 g/mol. The number of fused-ring (bicyclic) bond motifs is 1. The van der Waals surface area contributed by atoms with E-state index >= 15 is 0 Å². The first-order valence-electron chi connectivity index (χ1n) is 9.84. The third kappa shape index (κ3) is 3.16. The van der Waals surface area contributed by atoms with Crippen molar-refractivity contribution < 1.29 is 19.1 Å². The van der Waals surface area contributed by atoms with E-state index in [-0.39, 0.29) is 17.0 Å². The third-order valence-corrected chi connectivity index (χ3v) is 5.81. The first kappa shape index (κ1) is 20.0. The van der Waals surface area contributed by atoms with Crippen LogP contribution in [0.3, 0.4) is 0 Å². The lowest BCUT2D eigenvalue weighted by atomic mass is 9.95. The van der Waals surface area contributed by atoms with Crippen molar-refractivity contribution in [2.75, 3.05) is 4.90 Å². The molecule has 0 aliphatic carbocycles. The minimum absolute atomic E-state index is 0.0775. The minimum Gasteiger partial charge on any atom is -0.507 e. The number of aliphatic hydroxyl groups excluding tert-OH is 1. The number of para-hydroxylation sites is 1. The van der Waals surface area contributed by atoms with E-state index in [4.69, 9.17) is 11.6 Å². The molecule has 0 radical (unpaired) electrons. The summed E-state index contributed by atoms with van der Waals surface area (Å²) >= 11 is 6.03. The summed E-state index contributed by atoms with van der Waals surface area (Å²) in [6.45, 7) is 0. The molecule has 158 valence electrons. The molecule has 0 spiro atoms. The Morgan fingerprint density at radius 3 is 2.50 bits per heavy atom. The zero-order valence-corrected chi connectivity index (χ0v) is 17.3. The van der Waals surface area contributed by atoms with Crippen LogP contribution in [0.25, 0.3) is 16.7 Å². The first-order valence-corrected chi connectivity index (χ1v) is 10.2. The Labute approximate surface area is 187 Å². The summed E-state index contributed by atoms with van der Waals surface area (Å²) in [6.07, 6.45) is 1.59. The number of rotatable bonds is 3. The van der Waals surface area contributed by atoms with Crippen molar-refractivity contribution in [2.24, 2.45) is 0 Å². The second kappa shape index (κ2) is 7.66. The van der Waals surface area contributed by atoms with E-state index in [2.05, 4.69) is 4.98 Å². The van der Waals surface area contributed by atoms with Crippen LogP contribution in [0.1, 0.15) is 17.2 Å². The molecule has 3 aromatic carbocycles. The Kier molecular flexibility index (Phi) is 4.79. The summed E-state index contributed by atoms with van der Waals surface area (Å²) in [4.78, 5) is 30.5. The number of aromatic amines is 1. The maximum absolute atomic E-state index is 14.0. The number of benzene rings is 3. The van der Waals surface area contributed by atoms with Crippen molar-refractivity contribution in [1.82, 2.24) is 4.98 Å². The minimum atomic E-state index is -0.956. The van der Waals surface area contributed by atoms with Gasteiger partial charge in [0, 0.05) is 33.4 Å². The lowest BCUT2D eigenvalue weighted by Gasteiger charge is -2.25. The van der Waals surface area contributed by atoms with Gasteiger partial charge in [-0.25, -0.2) is 4.39 Å². The average molecular weight is 447 g/mol. The number of H-pyrrole nitrogens is 1. The van der Waals surface area contributed by atoms with Crippen molar-refractivity contribution in [2.45, 2.75) is 6.04 Å². The number of amides is 1. The highest BCUT2D eigenvalue weighted by atomic mass is 35.5. The van der Waals surface area contributed by atoms with Gasteiger partial charge in [0.15, 0.2) is 0 Å². The molecule has 1 saturated heterocycles. The zero-order chi connectivity index (χ0) is 22.4. The fourth-order valence-electron chi connectivity index (χ4n) is 4.10. The standard InChI is InChI=1S/C25H16ClFN2O3/c26-15-10-8-14(9-11-15)22-21(23(30)19-13-28-20-7-2-1-6-18(19)20)24(31)25(32)29(22)17-5-3-4-16(27)12-17/h1-13,22,28,30H/b23-21-. The van der Waals surface area contributed by atoms with Gasteiger partial charge in [0.05, 0.1) is 11.6 Å². The summed E-state index contributed by atoms with van der Waals surface area (Å²) in [5.74, 6) is -2.55. The molecule has 1 aromatic heterocycles. The third-order valence-electron chi connectivity index (χ3n) is 5.56. The number of carbonyl (C=O) groups is 2. The van der Waals surface area contributed by atoms with E-state index in [1.807, 2.05) is 18.2 Å². The van der Waals surface area contributed by atoms with Crippen LogP contribution in [0, 0.1) is 5.82 Å². The number of anilines is 1. The molecule has 1 amide bonds. The molecule has 7 heteroatoms. The molecule has 1 aliphatic rings. The van der Waals surface area contributed by atoms with E-state index in [9.17, 15) is 19.1 Å². The number of aromatic nitrogens is 1. The lowest BCUT2D eigenvalue weighted by molar-refractivity contribution is -0.132. The van der Waals surface area contributed by atoms with Gasteiger partial charge in [-0.3, -0.25) is 14.5 Å². The second-order valence-corrected chi connectivity index (χ2v) is 7.88. The van der Waals surface area contributed by atoms with Gasteiger partial charge in [0.25, 0.3) is 11.7 Å². The van der Waals surface area contributed by atoms with E-state index < -0.39 is 23.5 Å². The van der Waals surface area contributed by atoms with E-state index in [0.717, 1.165) is 5.52 Å². The van der Waals surface area contributed by atoms with Gasteiger partial charge in [-0.1, -0.05) is 48.0 Å². The zero-order valence-electron chi connectivity index (χ0n) is 16.5. The molecule has 2 N–H and O–H groups in total. The normalized spacial score (nSPS) is 17.9. The van der Waals surface area contributed by atoms with Gasteiger partial charge in [-0.05, 0) is 42.0 Å². The molecule has 1 atom stereocenters. The monoisotopic (exact) mass is 446 g/mol. The molecular formula is C25H16ClFN2O3. The van der Waals surface area contributed by atoms with Crippen molar-refractivity contribution in [1.29, 1.82) is 0 Å². The van der Waals surface area contributed by atoms with Gasteiger partial charge in [0.1, 0.15) is 11.6 Å². The van der Waals surface area contributed by atoms with Crippen LogP contribution in [0.5, 0.6) is 0 Å². The van der Waals surface area contributed by atoms with E-state index in [0.29, 0.717) is 21.5 Å². The van der Waals surface area contributed by atoms with Crippen LogP contribution in [0.4, 0.5) is 10.1 Å². The number of hydrogen-bond donors (Lipinski definition) is 2. The van der Waals surface area contributed by atoms with Crippen molar-refractivity contribution in [3.05, 3.63) is 107 Å². The van der Waals surface area contributed by atoms with Crippen LogP contribution in [0.2, 0.25) is 5.02 Å². The van der Waals surface area contributed by atoms with Gasteiger partial charge in [-0.15, -0.1) is 0 Å². The SMILES string of the molecule is O=C1C(=O)N(c2cccc(F)c2)C(c2ccc(Cl)cc2)/C1=C(/O)c1c[nH]c2ccccc12. The van der Waals surface area contributed by atoms with Crippen LogP contribution in [-0.2, 0) is 9.59 Å². The van der Waals surface area contributed by atoms with Crippen molar-refractivity contribution in [3.8, 4) is 0 Å². The summed E-state index contributed by atoms with van der Waals surface area (Å²) < 4.78 is 14.0. The molecule has 2 heterocycles. The fraction of sp³-hybridized carbons (Fsp3) is 0.0400. The molecule has 0 bridgehead atoms. The summed E-state index contributed by atoms with van der Waals surface area (Å²) in [5.41, 5.74) is 1.86. The van der Waals surface area contributed by atoms with E-state index in [1.54, 1.807) is 42.6 Å². The summed E-state index contributed by atoms with van der Waals surface area (Å²) in [7, 11) is 0. The molecule has 32 heavy (non-hydrogen) atoms. The molecule has 5 nitrogen and oxygen atoms in total. The van der Waals surface area contributed by atoms with Crippen LogP contribution in [0.15, 0.2) is 84.6 Å². The lowest BCUT2D eigenvalue weighted by Crippen LogP contribution is -2.29. The fourth-order valence-corrected chi connectivity index (χ4v) is 4.22. The van der Waals surface area contributed by atoms with Crippen molar-refractivity contribution in [3.63, 3.8) is 0 Å². The topological polar surface area (TPSA) is 73.4 Å². The molecule has 4 aromatic rings.